The summed E-state index contributed by atoms with van der Waals surface area (Å²) in [6, 6.07) is 6.58. The predicted octanol–water partition coefficient (Wildman–Crippen LogP) is 1.94. The van der Waals surface area contributed by atoms with E-state index >= 15 is 0 Å². The SMILES string of the molecule is CNCC1CCN(S(=O)(=O)c2cc(Br)cc(C#N)c2)CC1. The van der Waals surface area contributed by atoms with Crippen molar-refractivity contribution in [2.24, 2.45) is 5.92 Å². The third kappa shape index (κ3) is 3.83. The molecule has 0 unspecified atom stereocenters. The fraction of sp³-hybridized carbons (Fsp3) is 0.500. The molecule has 1 heterocycles. The summed E-state index contributed by atoms with van der Waals surface area (Å²) in [4.78, 5) is 0.181. The van der Waals surface area contributed by atoms with Gasteiger partial charge >= 0.3 is 0 Å². The Kier molecular flexibility index (Phi) is 5.38. The van der Waals surface area contributed by atoms with Crippen LogP contribution in [0.3, 0.4) is 0 Å². The third-order valence-electron chi connectivity index (χ3n) is 3.70. The highest BCUT2D eigenvalue weighted by molar-refractivity contribution is 9.10. The Morgan fingerprint density at radius 2 is 2.05 bits per heavy atom. The summed E-state index contributed by atoms with van der Waals surface area (Å²) in [7, 11) is -1.61. The van der Waals surface area contributed by atoms with Crippen LogP contribution in [0, 0.1) is 17.2 Å². The molecule has 7 heteroatoms. The molecule has 0 atom stereocenters. The van der Waals surface area contributed by atoms with Gasteiger partial charge in [-0.15, -0.1) is 0 Å². The normalized spacial score (nSPS) is 17.6. The van der Waals surface area contributed by atoms with Gasteiger partial charge in [-0.2, -0.15) is 9.57 Å². The van der Waals surface area contributed by atoms with E-state index in [0.717, 1.165) is 19.4 Å². The van der Waals surface area contributed by atoms with E-state index in [1.165, 1.54) is 10.4 Å². The van der Waals surface area contributed by atoms with Crippen molar-refractivity contribution in [3.63, 3.8) is 0 Å². The Bertz CT molecular complexity index is 647. The Hall–Kier alpha value is -0.940. The maximum atomic E-state index is 12.7. The van der Waals surface area contributed by atoms with Crippen molar-refractivity contribution in [3.05, 3.63) is 28.2 Å². The first kappa shape index (κ1) is 16.4. The Labute approximate surface area is 134 Å². The quantitative estimate of drug-likeness (QED) is 0.877. The lowest BCUT2D eigenvalue weighted by Gasteiger charge is -2.31. The summed E-state index contributed by atoms with van der Waals surface area (Å²) in [6.45, 7) is 1.98. The molecule has 21 heavy (non-hydrogen) atoms. The number of hydrogen-bond acceptors (Lipinski definition) is 4. The zero-order chi connectivity index (χ0) is 15.5. The summed E-state index contributed by atoms with van der Waals surface area (Å²) >= 11 is 3.26. The standard InChI is InChI=1S/C14H18BrN3O2S/c1-17-10-11-2-4-18(5-3-11)21(19,20)14-7-12(9-16)6-13(15)8-14/h6-8,11,17H,2-5,10H2,1H3. The van der Waals surface area contributed by atoms with Gasteiger partial charge in [-0.3, -0.25) is 0 Å². The van der Waals surface area contributed by atoms with Gasteiger partial charge in [-0.25, -0.2) is 8.42 Å². The molecule has 1 aliphatic heterocycles. The summed E-state index contributed by atoms with van der Waals surface area (Å²) in [6.07, 6.45) is 1.72. The fourth-order valence-corrected chi connectivity index (χ4v) is 4.75. The molecule has 0 amide bonds. The van der Waals surface area contributed by atoms with Crippen LogP contribution in [0.25, 0.3) is 0 Å². The van der Waals surface area contributed by atoms with Crippen molar-refractivity contribution in [3.8, 4) is 6.07 Å². The zero-order valence-corrected chi connectivity index (χ0v) is 14.2. The van der Waals surface area contributed by atoms with E-state index in [1.807, 2.05) is 13.1 Å². The zero-order valence-electron chi connectivity index (χ0n) is 11.8. The molecule has 0 saturated carbocycles. The molecule has 1 aromatic rings. The monoisotopic (exact) mass is 371 g/mol. The third-order valence-corrected chi connectivity index (χ3v) is 6.04. The van der Waals surface area contributed by atoms with E-state index in [4.69, 9.17) is 5.26 Å². The van der Waals surface area contributed by atoms with E-state index in [-0.39, 0.29) is 4.90 Å². The molecule has 0 spiro atoms. The van der Waals surface area contributed by atoms with E-state index in [0.29, 0.717) is 29.0 Å². The summed E-state index contributed by atoms with van der Waals surface area (Å²) in [5, 5.41) is 12.1. The van der Waals surface area contributed by atoms with Crippen molar-refractivity contribution in [1.82, 2.24) is 9.62 Å². The molecule has 5 nitrogen and oxygen atoms in total. The lowest BCUT2D eigenvalue weighted by molar-refractivity contribution is 0.270. The van der Waals surface area contributed by atoms with Crippen LogP contribution in [0.4, 0.5) is 0 Å². The number of halogens is 1. The second-order valence-electron chi connectivity index (χ2n) is 5.19. The van der Waals surface area contributed by atoms with Gasteiger partial charge in [0.25, 0.3) is 0 Å². The van der Waals surface area contributed by atoms with E-state index < -0.39 is 10.0 Å². The number of sulfonamides is 1. The average Bonchev–Trinajstić information content (AvgIpc) is 2.47. The second kappa shape index (κ2) is 6.88. The lowest BCUT2D eigenvalue weighted by Crippen LogP contribution is -2.40. The minimum atomic E-state index is -3.52. The molecule has 1 aromatic carbocycles. The Balaban J connectivity index is 2.20. The van der Waals surface area contributed by atoms with Crippen LogP contribution >= 0.6 is 15.9 Å². The molecule has 1 saturated heterocycles. The Morgan fingerprint density at radius 1 is 1.38 bits per heavy atom. The molecular weight excluding hydrogens is 354 g/mol. The number of rotatable bonds is 4. The van der Waals surface area contributed by atoms with Crippen molar-refractivity contribution in [1.29, 1.82) is 5.26 Å². The Morgan fingerprint density at radius 3 is 2.62 bits per heavy atom. The van der Waals surface area contributed by atoms with Crippen molar-refractivity contribution in [2.45, 2.75) is 17.7 Å². The molecule has 114 valence electrons. The lowest BCUT2D eigenvalue weighted by atomic mass is 9.98. The van der Waals surface area contributed by atoms with Crippen molar-refractivity contribution in [2.75, 3.05) is 26.7 Å². The molecule has 0 radical (unpaired) electrons. The second-order valence-corrected chi connectivity index (χ2v) is 8.05. The van der Waals surface area contributed by atoms with Crippen LogP contribution in [0.2, 0.25) is 0 Å². The maximum Gasteiger partial charge on any atom is 0.243 e. The molecule has 0 bridgehead atoms. The van der Waals surface area contributed by atoms with Crippen LogP contribution in [0.1, 0.15) is 18.4 Å². The van der Waals surface area contributed by atoms with E-state index in [9.17, 15) is 8.42 Å². The minimum absolute atomic E-state index is 0.181. The van der Waals surface area contributed by atoms with Gasteiger partial charge < -0.3 is 5.32 Å². The van der Waals surface area contributed by atoms with Gasteiger partial charge in [-0.1, -0.05) is 15.9 Å². The van der Waals surface area contributed by atoms with Gasteiger partial charge in [0, 0.05) is 17.6 Å². The van der Waals surface area contributed by atoms with Gasteiger partial charge in [0.15, 0.2) is 0 Å². The van der Waals surface area contributed by atoms with Gasteiger partial charge in [0.1, 0.15) is 0 Å². The topological polar surface area (TPSA) is 73.2 Å². The van der Waals surface area contributed by atoms with Crippen LogP contribution in [0.15, 0.2) is 27.6 Å². The molecular formula is C14H18BrN3O2S. The highest BCUT2D eigenvalue weighted by Gasteiger charge is 2.29. The van der Waals surface area contributed by atoms with Crippen LogP contribution in [0.5, 0.6) is 0 Å². The van der Waals surface area contributed by atoms with Crippen LogP contribution in [-0.4, -0.2) is 39.4 Å². The number of hydrogen-bond donors (Lipinski definition) is 1. The fourth-order valence-electron chi connectivity index (χ4n) is 2.57. The molecule has 1 fully saturated rings. The predicted molar refractivity (Wildman–Crippen MR) is 84.3 cm³/mol. The van der Waals surface area contributed by atoms with Gasteiger partial charge in [-0.05, 0) is 50.6 Å². The molecule has 2 rings (SSSR count). The molecule has 1 aliphatic rings. The highest BCUT2D eigenvalue weighted by atomic mass is 79.9. The molecule has 1 N–H and O–H groups in total. The summed E-state index contributed by atoms with van der Waals surface area (Å²) in [5.41, 5.74) is 0.341. The molecule has 0 aliphatic carbocycles. The van der Waals surface area contributed by atoms with Crippen LogP contribution in [-0.2, 0) is 10.0 Å². The van der Waals surface area contributed by atoms with E-state index in [2.05, 4.69) is 21.2 Å². The van der Waals surface area contributed by atoms with Crippen molar-refractivity contribution < 1.29 is 8.42 Å². The summed E-state index contributed by atoms with van der Waals surface area (Å²) < 4.78 is 27.4. The first-order valence-electron chi connectivity index (χ1n) is 6.83. The number of nitrogens with zero attached hydrogens (tertiary/aromatic N) is 2. The smallest absolute Gasteiger partial charge is 0.243 e. The van der Waals surface area contributed by atoms with E-state index in [1.54, 1.807) is 12.1 Å². The highest BCUT2D eigenvalue weighted by Crippen LogP contribution is 2.26. The minimum Gasteiger partial charge on any atom is -0.319 e. The first-order valence-corrected chi connectivity index (χ1v) is 9.06. The largest absolute Gasteiger partial charge is 0.319 e. The number of nitrogens with one attached hydrogen (secondary N) is 1. The van der Waals surface area contributed by atoms with Crippen molar-refractivity contribution >= 4 is 26.0 Å². The number of nitriles is 1. The average molecular weight is 372 g/mol. The van der Waals surface area contributed by atoms with Gasteiger partial charge in [0.2, 0.25) is 10.0 Å². The first-order chi connectivity index (χ1) is 9.97. The maximum absolute atomic E-state index is 12.7. The summed E-state index contributed by atoms with van der Waals surface area (Å²) in [5.74, 6) is 0.527. The van der Waals surface area contributed by atoms with Gasteiger partial charge in [0.05, 0.1) is 16.5 Å². The van der Waals surface area contributed by atoms with Crippen LogP contribution < -0.4 is 5.32 Å². The number of piperidine rings is 1. The number of benzene rings is 1. The molecule has 0 aromatic heterocycles.